The lowest BCUT2D eigenvalue weighted by atomic mass is 9.93. The van der Waals surface area contributed by atoms with Crippen molar-refractivity contribution in [3.8, 4) is 0 Å². The van der Waals surface area contributed by atoms with Gasteiger partial charge in [-0.05, 0) is 30.5 Å². The Morgan fingerprint density at radius 1 is 1.32 bits per heavy atom. The van der Waals surface area contributed by atoms with Gasteiger partial charge in [-0.15, -0.1) is 0 Å². The highest BCUT2D eigenvalue weighted by atomic mass is 16.2. The molecule has 0 saturated heterocycles. The van der Waals surface area contributed by atoms with Crippen LogP contribution >= 0.6 is 0 Å². The lowest BCUT2D eigenvalue weighted by molar-refractivity contribution is -0.127. The number of hydrogen-bond donors (Lipinski definition) is 1. The Bertz CT molecular complexity index is 424. The molecule has 3 heteroatoms. The molecule has 2 N–H and O–H groups in total. The van der Waals surface area contributed by atoms with Crippen LogP contribution in [0.25, 0.3) is 6.08 Å². The Morgan fingerprint density at radius 2 is 1.95 bits per heavy atom. The van der Waals surface area contributed by atoms with Crippen LogP contribution < -0.4 is 5.73 Å². The molecule has 0 saturated carbocycles. The van der Waals surface area contributed by atoms with Gasteiger partial charge in [0.05, 0.1) is 0 Å². The minimum absolute atomic E-state index is 0.0351. The van der Waals surface area contributed by atoms with Crippen LogP contribution in [0.2, 0.25) is 0 Å². The molecule has 1 rings (SSSR count). The Balaban J connectivity index is 2.67. The third kappa shape index (κ3) is 5.26. The van der Waals surface area contributed by atoms with Crippen molar-refractivity contribution in [3.05, 3.63) is 42.0 Å². The van der Waals surface area contributed by atoms with Gasteiger partial charge in [-0.25, -0.2) is 0 Å². The van der Waals surface area contributed by atoms with Crippen LogP contribution in [0.15, 0.2) is 36.4 Å². The zero-order chi connectivity index (χ0) is 14.3. The molecular weight excluding hydrogens is 236 g/mol. The summed E-state index contributed by atoms with van der Waals surface area (Å²) in [6.07, 6.45) is 3.48. The molecule has 0 aliphatic carbocycles. The number of hydrogen-bond acceptors (Lipinski definition) is 2. The maximum atomic E-state index is 12.1. The molecular formula is C16H24N2O. The van der Waals surface area contributed by atoms with Gasteiger partial charge in [-0.3, -0.25) is 4.79 Å². The number of likely N-dealkylation sites (N-methyl/N-ethyl adjacent to an activating group) is 1. The minimum atomic E-state index is -0.0493. The quantitative estimate of drug-likeness (QED) is 0.799. The van der Waals surface area contributed by atoms with Crippen molar-refractivity contribution >= 4 is 12.0 Å². The Labute approximate surface area is 116 Å². The first-order valence-electron chi connectivity index (χ1n) is 6.70. The number of amides is 1. The maximum absolute atomic E-state index is 12.1. The van der Waals surface area contributed by atoms with Crippen LogP contribution in [0.1, 0.15) is 26.3 Å². The fourth-order valence-corrected chi connectivity index (χ4v) is 1.76. The third-order valence-corrected chi connectivity index (χ3v) is 3.08. The van der Waals surface area contributed by atoms with Crippen LogP contribution in [-0.2, 0) is 4.79 Å². The number of carbonyl (C=O) groups excluding carboxylic acids is 1. The molecule has 0 atom stereocenters. The molecule has 0 unspecified atom stereocenters. The second-order valence-electron chi connectivity index (χ2n) is 5.46. The third-order valence-electron chi connectivity index (χ3n) is 3.08. The van der Waals surface area contributed by atoms with Crippen molar-refractivity contribution in [2.45, 2.75) is 20.8 Å². The monoisotopic (exact) mass is 260 g/mol. The predicted octanol–water partition coefficient (Wildman–Crippen LogP) is 2.53. The van der Waals surface area contributed by atoms with Crippen molar-refractivity contribution in [1.29, 1.82) is 0 Å². The molecule has 0 aromatic heterocycles. The van der Waals surface area contributed by atoms with Gasteiger partial charge < -0.3 is 10.6 Å². The largest absolute Gasteiger partial charge is 0.339 e. The predicted molar refractivity (Wildman–Crippen MR) is 80.6 cm³/mol. The average molecular weight is 260 g/mol. The second-order valence-corrected chi connectivity index (χ2v) is 5.46. The molecule has 0 aliphatic heterocycles. The van der Waals surface area contributed by atoms with E-state index in [1.807, 2.05) is 48.2 Å². The smallest absolute Gasteiger partial charge is 0.246 e. The summed E-state index contributed by atoms with van der Waals surface area (Å²) in [7, 11) is 0. The van der Waals surface area contributed by atoms with Crippen molar-refractivity contribution in [2.24, 2.45) is 11.1 Å². The Kier molecular flexibility index (Phi) is 5.77. The number of nitrogens with zero attached hydrogens (tertiary/aromatic N) is 1. The van der Waals surface area contributed by atoms with Gasteiger partial charge in [0, 0.05) is 19.2 Å². The van der Waals surface area contributed by atoms with Gasteiger partial charge in [0.25, 0.3) is 0 Å². The molecule has 1 amide bonds. The number of benzene rings is 1. The van der Waals surface area contributed by atoms with E-state index in [0.717, 1.165) is 5.56 Å². The zero-order valence-corrected chi connectivity index (χ0v) is 12.1. The Morgan fingerprint density at radius 3 is 2.47 bits per heavy atom. The highest BCUT2D eigenvalue weighted by molar-refractivity contribution is 5.91. The topological polar surface area (TPSA) is 46.3 Å². The molecule has 1 aromatic carbocycles. The standard InChI is InChI=1S/C16H24N2O/c1-4-18(13-16(2,3)12-17)15(19)11-10-14-8-6-5-7-9-14/h5-11H,4,12-13,17H2,1-3H3. The first-order valence-corrected chi connectivity index (χ1v) is 6.70. The molecule has 1 aromatic rings. The summed E-state index contributed by atoms with van der Waals surface area (Å²) in [5.74, 6) is 0.0351. The van der Waals surface area contributed by atoms with Gasteiger partial charge in [-0.1, -0.05) is 44.2 Å². The minimum Gasteiger partial charge on any atom is -0.339 e. The van der Waals surface area contributed by atoms with Gasteiger partial charge in [0.2, 0.25) is 5.91 Å². The lowest BCUT2D eigenvalue weighted by Crippen LogP contribution is -2.41. The summed E-state index contributed by atoms with van der Waals surface area (Å²) < 4.78 is 0. The van der Waals surface area contributed by atoms with E-state index >= 15 is 0 Å². The van der Waals surface area contributed by atoms with Crippen molar-refractivity contribution in [3.63, 3.8) is 0 Å². The SMILES string of the molecule is CCN(CC(C)(C)CN)C(=O)C=Cc1ccccc1. The molecule has 0 bridgehead atoms. The molecule has 0 fully saturated rings. The fraction of sp³-hybridized carbons (Fsp3) is 0.438. The van der Waals surface area contributed by atoms with Crippen molar-refractivity contribution in [1.82, 2.24) is 4.90 Å². The van der Waals surface area contributed by atoms with Crippen molar-refractivity contribution in [2.75, 3.05) is 19.6 Å². The molecule has 0 spiro atoms. The van der Waals surface area contributed by atoms with Crippen LogP contribution in [0.4, 0.5) is 0 Å². The summed E-state index contributed by atoms with van der Waals surface area (Å²) in [5, 5.41) is 0. The van der Waals surface area contributed by atoms with E-state index in [4.69, 9.17) is 5.73 Å². The van der Waals surface area contributed by atoms with Gasteiger partial charge in [0.1, 0.15) is 0 Å². The van der Waals surface area contributed by atoms with Crippen LogP contribution in [0, 0.1) is 5.41 Å². The first-order chi connectivity index (χ1) is 8.98. The summed E-state index contributed by atoms with van der Waals surface area (Å²) in [4.78, 5) is 14.0. The molecule has 0 radical (unpaired) electrons. The van der Waals surface area contributed by atoms with E-state index in [-0.39, 0.29) is 11.3 Å². The summed E-state index contributed by atoms with van der Waals surface area (Å²) >= 11 is 0. The van der Waals surface area contributed by atoms with E-state index in [1.165, 1.54) is 0 Å². The van der Waals surface area contributed by atoms with Crippen LogP contribution in [-0.4, -0.2) is 30.4 Å². The highest BCUT2D eigenvalue weighted by Gasteiger charge is 2.21. The van der Waals surface area contributed by atoms with E-state index in [9.17, 15) is 4.79 Å². The first kappa shape index (κ1) is 15.4. The highest BCUT2D eigenvalue weighted by Crippen LogP contribution is 2.15. The van der Waals surface area contributed by atoms with Gasteiger partial charge in [0.15, 0.2) is 0 Å². The second kappa shape index (κ2) is 7.10. The van der Waals surface area contributed by atoms with Crippen LogP contribution in [0.5, 0.6) is 0 Å². The van der Waals surface area contributed by atoms with E-state index in [1.54, 1.807) is 6.08 Å². The summed E-state index contributed by atoms with van der Waals surface area (Å²) in [5.41, 5.74) is 6.70. The summed E-state index contributed by atoms with van der Waals surface area (Å²) in [6, 6.07) is 9.83. The van der Waals surface area contributed by atoms with E-state index in [0.29, 0.717) is 19.6 Å². The van der Waals surface area contributed by atoms with Gasteiger partial charge in [-0.2, -0.15) is 0 Å². The normalized spacial score (nSPS) is 11.8. The molecule has 3 nitrogen and oxygen atoms in total. The average Bonchev–Trinajstić information content (AvgIpc) is 2.43. The lowest BCUT2D eigenvalue weighted by Gasteiger charge is -2.30. The molecule has 104 valence electrons. The van der Waals surface area contributed by atoms with Crippen molar-refractivity contribution < 1.29 is 4.79 Å². The van der Waals surface area contributed by atoms with Crippen LogP contribution in [0.3, 0.4) is 0 Å². The summed E-state index contributed by atoms with van der Waals surface area (Å²) in [6.45, 7) is 8.08. The number of rotatable bonds is 6. The van der Waals surface area contributed by atoms with E-state index in [2.05, 4.69) is 13.8 Å². The van der Waals surface area contributed by atoms with Gasteiger partial charge >= 0.3 is 0 Å². The Hall–Kier alpha value is -1.61. The molecule has 0 heterocycles. The maximum Gasteiger partial charge on any atom is 0.246 e. The zero-order valence-electron chi connectivity index (χ0n) is 12.1. The van der Waals surface area contributed by atoms with E-state index < -0.39 is 0 Å². The number of nitrogens with two attached hydrogens (primary N) is 1. The molecule has 0 aliphatic rings. The molecule has 19 heavy (non-hydrogen) atoms. The fourth-order valence-electron chi connectivity index (χ4n) is 1.76. The number of carbonyl (C=O) groups is 1.